The number of rotatable bonds is 4. The van der Waals surface area contributed by atoms with Crippen molar-refractivity contribution in [3.8, 4) is 0 Å². The summed E-state index contributed by atoms with van der Waals surface area (Å²) in [7, 11) is 0. The Morgan fingerprint density at radius 3 is 2.71 bits per heavy atom. The summed E-state index contributed by atoms with van der Waals surface area (Å²) >= 11 is 0. The molecule has 1 saturated heterocycles. The summed E-state index contributed by atoms with van der Waals surface area (Å²) in [5, 5.41) is 8.89. The van der Waals surface area contributed by atoms with Crippen molar-refractivity contribution >= 4 is 0 Å². The number of aliphatic hydroxyl groups excluding tert-OH is 1. The molecule has 0 aromatic carbocycles. The van der Waals surface area contributed by atoms with Crippen molar-refractivity contribution in [1.82, 2.24) is 4.90 Å². The fourth-order valence-electron chi connectivity index (χ4n) is 1.67. The van der Waals surface area contributed by atoms with Gasteiger partial charge in [-0.05, 0) is 19.4 Å². The topological polar surface area (TPSA) is 32.7 Å². The van der Waals surface area contributed by atoms with Gasteiger partial charge in [-0.15, -0.1) is 13.2 Å². The largest absolute Gasteiger partial charge is 0.522 e. The van der Waals surface area contributed by atoms with Crippen LogP contribution in [0.25, 0.3) is 0 Å². The first-order chi connectivity index (χ1) is 6.53. The van der Waals surface area contributed by atoms with Gasteiger partial charge in [-0.25, -0.2) is 0 Å². The van der Waals surface area contributed by atoms with E-state index in [1.165, 1.54) is 0 Å². The Balaban J connectivity index is 2.18. The van der Waals surface area contributed by atoms with E-state index in [1.54, 1.807) is 0 Å². The summed E-state index contributed by atoms with van der Waals surface area (Å²) in [6, 6.07) is 0.00633. The van der Waals surface area contributed by atoms with Crippen LogP contribution in [0.1, 0.15) is 12.8 Å². The Hall–Kier alpha value is -0.330. The number of alkyl halides is 3. The fraction of sp³-hybridized carbons (Fsp3) is 1.00. The van der Waals surface area contributed by atoms with Gasteiger partial charge in [0, 0.05) is 12.6 Å². The van der Waals surface area contributed by atoms with Gasteiger partial charge < -0.3 is 5.11 Å². The van der Waals surface area contributed by atoms with E-state index in [-0.39, 0.29) is 25.8 Å². The first-order valence-corrected chi connectivity index (χ1v) is 4.58. The Morgan fingerprint density at radius 1 is 1.43 bits per heavy atom. The SMILES string of the molecule is OC[C@@H]1CCCN1CCOC(F)(F)F. The lowest BCUT2D eigenvalue weighted by Gasteiger charge is -2.22. The van der Waals surface area contributed by atoms with E-state index < -0.39 is 6.36 Å². The second kappa shape index (κ2) is 4.95. The minimum atomic E-state index is -4.55. The van der Waals surface area contributed by atoms with Gasteiger partial charge in [0.15, 0.2) is 0 Å². The van der Waals surface area contributed by atoms with Gasteiger partial charge in [-0.1, -0.05) is 0 Å². The van der Waals surface area contributed by atoms with Crippen molar-refractivity contribution in [3.05, 3.63) is 0 Å². The molecule has 1 atom stereocenters. The summed E-state index contributed by atoms with van der Waals surface area (Å²) in [5.74, 6) is 0. The maximum Gasteiger partial charge on any atom is 0.522 e. The highest BCUT2D eigenvalue weighted by atomic mass is 19.4. The molecule has 1 fully saturated rings. The molecule has 1 aliphatic heterocycles. The Kier molecular flexibility index (Phi) is 4.15. The molecule has 1 aliphatic rings. The molecule has 1 rings (SSSR count). The van der Waals surface area contributed by atoms with Gasteiger partial charge in [0.1, 0.15) is 0 Å². The zero-order chi connectivity index (χ0) is 10.6. The van der Waals surface area contributed by atoms with Gasteiger partial charge >= 0.3 is 6.36 Å². The predicted octanol–water partition coefficient (Wildman–Crippen LogP) is 0.979. The highest BCUT2D eigenvalue weighted by molar-refractivity contribution is 4.77. The quantitative estimate of drug-likeness (QED) is 0.755. The molecule has 0 spiro atoms. The van der Waals surface area contributed by atoms with Gasteiger partial charge in [0.05, 0.1) is 13.2 Å². The van der Waals surface area contributed by atoms with Crippen LogP contribution in [0.3, 0.4) is 0 Å². The van der Waals surface area contributed by atoms with Crippen LogP contribution in [0, 0.1) is 0 Å². The molecule has 0 aliphatic carbocycles. The molecule has 1 heterocycles. The third-order valence-corrected chi connectivity index (χ3v) is 2.35. The molecule has 84 valence electrons. The van der Waals surface area contributed by atoms with E-state index in [2.05, 4.69) is 4.74 Å². The smallest absolute Gasteiger partial charge is 0.395 e. The highest BCUT2D eigenvalue weighted by Gasteiger charge is 2.30. The van der Waals surface area contributed by atoms with Crippen molar-refractivity contribution in [3.63, 3.8) is 0 Å². The van der Waals surface area contributed by atoms with E-state index in [0.717, 1.165) is 19.4 Å². The Morgan fingerprint density at radius 2 is 2.14 bits per heavy atom. The molecular formula is C8H14F3NO2. The van der Waals surface area contributed by atoms with Crippen LogP contribution in [0.15, 0.2) is 0 Å². The van der Waals surface area contributed by atoms with E-state index in [1.807, 2.05) is 4.90 Å². The van der Waals surface area contributed by atoms with Gasteiger partial charge in [0.2, 0.25) is 0 Å². The highest BCUT2D eigenvalue weighted by Crippen LogP contribution is 2.18. The third-order valence-electron chi connectivity index (χ3n) is 2.35. The first-order valence-electron chi connectivity index (χ1n) is 4.58. The summed E-state index contributed by atoms with van der Waals surface area (Å²) < 4.78 is 38.5. The fourth-order valence-corrected chi connectivity index (χ4v) is 1.67. The van der Waals surface area contributed by atoms with Crippen molar-refractivity contribution < 1.29 is 23.0 Å². The molecule has 3 nitrogen and oxygen atoms in total. The lowest BCUT2D eigenvalue weighted by molar-refractivity contribution is -0.325. The van der Waals surface area contributed by atoms with Crippen LogP contribution in [0.2, 0.25) is 0 Å². The molecule has 6 heteroatoms. The predicted molar refractivity (Wildman–Crippen MR) is 43.7 cm³/mol. The maximum absolute atomic E-state index is 11.6. The second-order valence-corrected chi connectivity index (χ2v) is 3.31. The number of hydrogen-bond acceptors (Lipinski definition) is 3. The normalized spacial score (nSPS) is 24.4. The molecule has 0 aromatic heterocycles. The molecule has 0 aromatic rings. The van der Waals surface area contributed by atoms with E-state index in [0.29, 0.717) is 0 Å². The second-order valence-electron chi connectivity index (χ2n) is 3.31. The van der Waals surface area contributed by atoms with E-state index >= 15 is 0 Å². The lowest BCUT2D eigenvalue weighted by Crippen LogP contribution is -2.35. The zero-order valence-electron chi connectivity index (χ0n) is 7.76. The number of aliphatic hydroxyl groups is 1. The van der Waals surface area contributed by atoms with E-state index in [9.17, 15) is 13.2 Å². The summed E-state index contributed by atoms with van der Waals surface area (Å²) in [4.78, 5) is 1.83. The monoisotopic (exact) mass is 213 g/mol. The first kappa shape index (κ1) is 11.7. The third kappa shape index (κ3) is 3.81. The molecule has 0 saturated carbocycles. The summed E-state index contributed by atoms with van der Waals surface area (Å²) in [5.41, 5.74) is 0. The molecular weight excluding hydrogens is 199 g/mol. The van der Waals surface area contributed by atoms with Crippen LogP contribution in [-0.2, 0) is 4.74 Å². The van der Waals surface area contributed by atoms with Crippen LogP contribution in [0.4, 0.5) is 13.2 Å². The Labute approximate surface area is 80.5 Å². The zero-order valence-corrected chi connectivity index (χ0v) is 7.76. The van der Waals surface area contributed by atoms with Crippen molar-refractivity contribution in [2.75, 3.05) is 26.3 Å². The molecule has 0 radical (unpaired) electrons. The van der Waals surface area contributed by atoms with Gasteiger partial charge in [-0.2, -0.15) is 0 Å². The molecule has 0 unspecified atom stereocenters. The minimum Gasteiger partial charge on any atom is -0.395 e. The Bertz CT molecular complexity index is 174. The van der Waals surface area contributed by atoms with Crippen LogP contribution in [-0.4, -0.2) is 48.7 Å². The van der Waals surface area contributed by atoms with Crippen LogP contribution in [0.5, 0.6) is 0 Å². The van der Waals surface area contributed by atoms with E-state index in [4.69, 9.17) is 5.11 Å². The minimum absolute atomic E-state index is 0.00597. The standard InChI is InChI=1S/C8H14F3NO2/c9-8(10,11)14-5-4-12-3-1-2-7(12)6-13/h7,13H,1-6H2/t7-/m0/s1. The summed E-state index contributed by atoms with van der Waals surface area (Å²) in [6.45, 7) is 0.614. The number of halogens is 3. The number of nitrogens with zero attached hydrogens (tertiary/aromatic N) is 1. The number of likely N-dealkylation sites (tertiary alicyclic amines) is 1. The molecule has 14 heavy (non-hydrogen) atoms. The van der Waals surface area contributed by atoms with Gasteiger partial charge in [-0.3, -0.25) is 9.64 Å². The van der Waals surface area contributed by atoms with Crippen LogP contribution < -0.4 is 0 Å². The molecule has 0 bridgehead atoms. The van der Waals surface area contributed by atoms with Crippen molar-refractivity contribution in [1.29, 1.82) is 0 Å². The van der Waals surface area contributed by atoms with Crippen LogP contribution >= 0.6 is 0 Å². The maximum atomic E-state index is 11.6. The average Bonchev–Trinajstić information content (AvgIpc) is 2.49. The number of hydrogen-bond donors (Lipinski definition) is 1. The average molecular weight is 213 g/mol. The summed E-state index contributed by atoms with van der Waals surface area (Å²) in [6.07, 6.45) is -2.77. The van der Waals surface area contributed by atoms with Crippen molar-refractivity contribution in [2.45, 2.75) is 25.2 Å². The van der Waals surface area contributed by atoms with Crippen molar-refractivity contribution in [2.24, 2.45) is 0 Å². The number of ether oxygens (including phenoxy) is 1. The molecule has 1 N–H and O–H groups in total. The molecule has 0 amide bonds. The van der Waals surface area contributed by atoms with Gasteiger partial charge in [0.25, 0.3) is 0 Å². The lowest BCUT2D eigenvalue weighted by atomic mass is 10.2.